The third-order valence-electron chi connectivity index (χ3n) is 1.41. The number of aromatic nitrogens is 1. The highest BCUT2D eigenvalue weighted by Crippen LogP contribution is 2.32. The summed E-state index contributed by atoms with van der Waals surface area (Å²) in [7, 11) is 1.16. The molecule has 0 saturated carbocycles. The zero-order chi connectivity index (χ0) is 10.0. The summed E-state index contributed by atoms with van der Waals surface area (Å²) in [4.78, 5) is 3.35. The summed E-state index contributed by atoms with van der Waals surface area (Å²) >= 11 is 5.27. The summed E-state index contributed by atoms with van der Waals surface area (Å²) in [5.41, 5.74) is -0.930. The number of halogens is 4. The number of nitrogens with zero attached hydrogens (tertiary/aromatic N) is 1. The Morgan fingerprint density at radius 3 is 2.62 bits per heavy atom. The van der Waals surface area contributed by atoms with E-state index in [1.54, 1.807) is 0 Å². The SMILES string of the molecule is COc1cnc(Cl)c(C(F)F)c1F. The van der Waals surface area contributed by atoms with Gasteiger partial charge in [0.1, 0.15) is 5.15 Å². The lowest BCUT2D eigenvalue weighted by Gasteiger charge is -2.07. The molecule has 0 N–H and O–H groups in total. The second kappa shape index (κ2) is 3.83. The maximum Gasteiger partial charge on any atom is 0.269 e. The van der Waals surface area contributed by atoms with Crippen LogP contribution in [0.5, 0.6) is 5.75 Å². The van der Waals surface area contributed by atoms with Crippen molar-refractivity contribution in [2.24, 2.45) is 0 Å². The van der Waals surface area contributed by atoms with Crippen LogP contribution in [-0.2, 0) is 0 Å². The van der Waals surface area contributed by atoms with Crippen LogP contribution in [0.1, 0.15) is 12.0 Å². The maximum absolute atomic E-state index is 13.1. The Morgan fingerprint density at radius 1 is 1.54 bits per heavy atom. The monoisotopic (exact) mass is 211 g/mol. The average molecular weight is 212 g/mol. The first-order valence-electron chi connectivity index (χ1n) is 3.24. The lowest BCUT2D eigenvalue weighted by molar-refractivity contribution is 0.145. The van der Waals surface area contributed by atoms with Gasteiger partial charge in [-0.1, -0.05) is 11.6 Å². The minimum Gasteiger partial charge on any atom is -0.492 e. The lowest BCUT2D eigenvalue weighted by Crippen LogP contribution is -1.98. The molecule has 0 spiro atoms. The van der Waals surface area contributed by atoms with Gasteiger partial charge in [0, 0.05) is 0 Å². The van der Waals surface area contributed by atoms with E-state index in [0.717, 1.165) is 13.3 Å². The zero-order valence-corrected chi connectivity index (χ0v) is 7.28. The quantitative estimate of drug-likeness (QED) is 0.702. The van der Waals surface area contributed by atoms with Gasteiger partial charge in [-0.15, -0.1) is 0 Å². The minimum atomic E-state index is -3.00. The van der Waals surface area contributed by atoms with Gasteiger partial charge in [0.05, 0.1) is 18.9 Å². The third-order valence-corrected chi connectivity index (χ3v) is 1.71. The van der Waals surface area contributed by atoms with Gasteiger partial charge in [0.2, 0.25) is 0 Å². The smallest absolute Gasteiger partial charge is 0.269 e. The number of methoxy groups -OCH3 is 1. The molecule has 0 radical (unpaired) electrons. The minimum absolute atomic E-state index is 0.347. The fourth-order valence-corrected chi connectivity index (χ4v) is 1.01. The van der Waals surface area contributed by atoms with E-state index < -0.39 is 23.0 Å². The molecule has 0 fully saturated rings. The van der Waals surface area contributed by atoms with Crippen molar-refractivity contribution in [3.63, 3.8) is 0 Å². The van der Waals surface area contributed by atoms with Gasteiger partial charge in [0.25, 0.3) is 6.43 Å². The van der Waals surface area contributed by atoms with Crippen LogP contribution in [0.25, 0.3) is 0 Å². The first-order chi connectivity index (χ1) is 6.07. The molecule has 0 aromatic carbocycles. The Hall–Kier alpha value is -0.970. The van der Waals surface area contributed by atoms with Crippen molar-refractivity contribution >= 4 is 11.6 Å². The molecule has 0 aliphatic heterocycles. The number of alkyl halides is 2. The van der Waals surface area contributed by atoms with E-state index in [1.165, 1.54) is 0 Å². The van der Waals surface area contributed by atoms with Crippen molar-refractivity contribution < 1.29 is 17.9 Å². The van der Waals surface area contributed by atoms with Gasteiger partial charge in [-0.25, -0.2) is 18.2 Å². The number of pyridine rings is 1. The van der Waals surface area contributed by atoms with Crippen LogP contribution in [0.4, 0.5) is 13.2 Å². The predicted molar refractivity (Wildman–Crippen MR) is 40.7 cm³/mol. The second-order valence-corrected chi connectivity index (χ2v) is 2.50. The van der Waals surface area contributed by atoms with Gasteiger partial charge < -0.3 is 4.74 Å². The van der Waals surface area contributed by atoms with Crippen LogP contribution in [0.15, 0.2) is 6.20 Å². The highest BCUT2D eigenvalue weighted by Gasteiger charge is 2.22. The van der Waals surface area contributed by atoms with Crippen LogP contribution in [0, 0.1) is 5.82 Å². The number of hydrogen-bond acceptors (Lipinski definition) is 2. The lowest BCUT2D eigenvalue weighted by atomic mass is 10.2. The van der Waals surface area contributed by atoms with E-state index in [1.807, 2.05) is 0 Å². The van der Waals surface area contributed by atoms with E-state index >= 15 is 0 Å². The maximum atomic E-state index is 13.1. The summed E-state index contributed by atoms with van der Waals surface area (Å²) in [5.74, 6) is -1.52. The van der Waals surface area contributed by atoms with Gasteiger partial charge in [-0.3, -0.25) is 0 Å². The average Bonchev–Trinajstić information content (AvgIpc) is 2.04. The largest absolute Gasteiger partial charge is 0.492 e. The van der Waals surface area contributed by atoms with E-state index in [4.69, 9.17) is 11.6 Å². The molecular weight excluding hydrogens is 207 g/mol. The van der Waals surface area contributed by atoms with Gasteiger partial charge in [-0.2, -0.15) is 0 Å². The molecular formula is C7H5ClF3NO. The Balaban J connectivity index is 3.30. The number of hydrogen-bond donors (Lipinski definition) is 0. The standard InChI is InChI=1S/C7H5ClF3NO/c1-13-3-2-12-6(8)4(5(3)9)7(10)11/h2,7H,1H3. The molecule has 1 aromatic rings. The summed E-state index contributed by atoms with van der Waals surface area (Å²) in [6.07, 6.45) is -2.06. The van der Waals surface area contributed by atoms with Crippen LogP contribution < -0.4 is 4.74 Å². The number of ether oxygens (including phenoxy) is 1. The third kappa shape index (κ3) is 1.85. The Morgan fingerprint density at radius 2 is 2.15 bits per heavy atom. The molecule has 13 heavy (non-hydrogen) atoms. The van der Waals surface area contributed by atoms with Crippen LogP contribution >= 0.6 is 11.6 Å². The molecule has 0 bridgehead atoms. The molecule has 0 aliphatic rings. The van der Waals surface area contributed by atoms with Crippen LogP contribution in [0.3, 0.4) is 0 Å². The normalized spacial score (nSPS) is 10.6. The van der Waals surface area contributed by atoms with Crippen molar-refractivity contribution in [3.05, 3.63) is 22.7 Å². The van der Waals surface area contributed by atoms with E-state index in [9.17, 15) is 13.2 Å². The van der Waals surface area contributed by atoms with Crippen molar-refractivity contribution in [3.8, 4) is 5.75 Å². The van der Waals surface area contributed by atoms with Gasteiger partial charge in [-0.05, 0) is 0 Å². The predicted octanol–water partition coefficient (Wildman–Crippen LogP) is 2.82. The number of rotatable bonds is 2. The molecule has 0 saturated heterocycles. The van der Waals surface area contributed by atoms with Crippen LogP contribution in [-0.4, -0.2) is 12.1 Å². The molecule has 6 heteroatoms. The Labute approximate surface area is 77.3 Å². The second-order valence-electron chi connectivity index (χ2n) is 2.15. The summed E-state index contributed by atoms with van der Waals surface area (Å²) < 4.78 is 41.9. The first kappa shape index (κ1) is 10.1. The Bertz CT molecular complexity index is 319. The Kier molecular flexibility index (Phi) is 2.98. The summed E-state index contributed by atoms with van der Waals surface area (Å²) in [6.45, 7) is 0. The fraction of sp³-hybridized carbons (Fsp3) is 0.286. The highest BCUT2D eigenvalue weighted by atomic mass is 35.5. The summed E-state index contributed by atoms with van der Waals surface area (Å²) in [5, 5.41) is -0.548. The van der Waals surface area contributed by atoms with Crippen molar-refractivity contribution in [2.45, 2.75) is 6.43 Å². The van der Waals surface area contributed by atoms with Crippen molar-refractivity contribution in [2.75, 3.05) is 7.11 Å². The molecule has 72 valence electrons. The highest BCUT2D eigenvalue weighted by molar-refractivity contribution is 6.30. The van der Waals surface area contributed by atoms with Gasteiger partial charge in [0.15, 0.2) is 11.6 Å². The molecule has 0 unspecified atom stereocenters. The van der Waals surface area contributed by atoms with E-state index in [0.29, 0.717) is 0 Å². The fourth-order valence-electron chi connectivity index (χ4n) is 0.793. The molecule has 1 heterocycles. The molecule has 2 nitrogen and oxygen atoms in total. The van der Waals surface area contributed by atoms with Crippen molar-refractivity contribution in [1.82, 2.24) is 4.98 Å². The van der Waals surface area contributed by atoms with Crippen molar-refractivity contribution in [1.29, 1.82) is 0 Å². The topological polar surface area (TPSA) is 22.1 Å². The zero-order valence-electron chi connectivity index (χ0n) is 6.52. The van der Waals surface area contributed by atoms with E-state index in [2.05, 4.69) is 9.72 Å². The molecule has 1 aromatic heterocycles. The summed E-state index contributed by atoms with van der Waals surface area (Å²) in [6, 6.07) is 0. The molecule has 0 aliphatic carbocycles. The van der Waals surface area contributed by atoms with Gasteiger partial charge >= 0.3 is 0 Å². The molecule has 1 rings (SSSR count). The molecule has 0 atom stereocenters. The molecule has 0 amide bonds. The first-order valence-corrected chi connectivity index (χ1v) is 3.61. The van der Waals surface area contributed by atoms with Crippen LogP contribution in [0.2, 0.25) is 5.15 Å². The van der Waals surface area contributed by atoms with E-state index in [-0.39, 0.29) is 5.75 Å².